The molecule has 1 amide bonds. The van der Waals surface area contributed by atoms with E-state index in [4.69, 9.17) is 15.9 Å². The minimum atomic E-state index is -0.118. The molecule has 0 fully saturated rings. The van der Waals surface area contributed by atoms with Gasteiger partial charge in [0.25, 0.3) is 5.91 Å². The van der Waals surface area contributed by atoms with Gasteiger partial charge in [-0.1, -0.05) is 12.1 Å². The minimum absolute atomic E-state index is 0.0386. The molecule has 1 unspecified atom stereocenters. The number of amides is 1. The van der Waals surface area contributed by atoms with Gasteiger partial charge in [-0.05, 0) is 48.9 Å². The number of aromatic nitrogens is 2. The zero-order valence-electron chi connectivity index (χ0n) is 15.8. The van der Waals surface area contributed by atoms with Crippen LogP contribution in [0.3, 0.4) is 0 Å². The Bertz CT molecular complexity index is 1030. The molecule has 146 valence electrons. The Kier molecular flexibility index (Phi) is 5.20. The third kappa shape index (κ3) is 4.08. The van der Waals surface area contributed by atoms with Crippen molar-refractivity contribution in [3.8, 4) is 17.0 Å². The number of carbonyl (C=O) groups excluding carboxylic acids is 1. The van der Waals surface area contributed by atoms with Crippen LogP contribution in [0.25, 0.3) is 11.3 Å². The van der Waals surface area contributed by atoms with Crippen LogP contribution in [0.15, 0.2) is 60.8 Å². The van der Waals surface area contributed by atoms with E-state index in [2.05, 4.69) is 15.5 Å². The largest absolute Gasteiger partial charge is 0.493 e. The standard InChI is InChI=1S/C22H21N5O2/c23-21(24)16-7-8-20-18(12-16)17(13-29-20)9-11-25-22(28)15-5-3-14(4-6-15)19-2-1-10-26-27-19/h1-8,10,12,17H,9,11,13H2,(H3,23,24)(H,25,28). The van der Waals surface area contributed by atoms with Crippen molar-refractivity contribution >= 4 is 11.7 Å². The Morgan fingerprint density at radius 1 is 1.17 bits per heavy atom. The van der Waals surface area contributed by atoms with Gasteiger partial charge in [0.05, 0.1) is 12.3 Å². The normalized spacial score (nSPS) is 14.7. The van der Waals surface area contributed by atoms with Gasteiger partial charge in [-0.3, -0.25) is 10.2 Å². The number of benzene rings is 2. The molecule has 1 aliphatic rings. The van der Waals surface area contributed by atoms with E-state index in [0.717, 1.165) is 29.0 Å². The summed E-state index contributed by atoms with van der Waals surface area (Å²) in [6, 6.07) is 16.5. The van der Waals surface area contributed by atoms with Gasteiger partial charge in [0.2, 0.25) is 0 Å². The van der Waals surface area contributed by atoms with Crippen molar-refractivity contribution in [2.24, 2.45) is 5.73 Å². The minimum Gasteiger partial charge on any atom is -0.493 e. The van der Waals surface area contributed by atoms with E-state index < -0.39 is 0 Å². The van der Waals surface area contributed by atoms with E-state index in [0.29, 0.717) is 24.3 Å². The van der Waals surface area contributed by atoms with Crippen molar-refractivity contribution in [1.29, 1.82) is 5.41 Å². The molecule has 2 aromatic carbocycles. The number of nitrogens with one attached hydrogen (secondary N) is 2. The fraction of sp³-hybridized carbons (Fsp3) is 0.182. The summed E-state index contributed by atoms with van der Waals surface area (Å²) in [6.07, 6.45) is 2.37. The third-order valence-electron chi connectivity index (χ3n) is 4.99. The lowest BCUT2D eigenvalue weighted by atomic mass is 9.96. The quantitative estimate of drug-likeness (QED) is 0.444. The molecule has 0 radical (unpaired) electrons. The van der Waals surface area contributed by atoms with Crippen LogP contribution in [-0.2, 0) is 0 Å². The van der Waals surface area contributed by atoms with Gasteiger partial charge in [0, 0.05) is 40.9 Å². The number of nitrogens with two attached hydrogens (primary N) is 1. The van der Waals surface area contributed by atoms with E-state index in [1.807, 2.05) is 36.4 Å². The number of nitrogens with zero attached hydrogens (tertiary/aromatic N) is 2. The highest BCUT2D eigenvalue weighted by Crippen LogP contribution is 2.36. The summed E-state index contributed by atoms with van der Waals surface area (Å²) < 4.78 is 5.71. The van der Waals surface area contributed by atoms with Crippen LogP contribution < -0.4 is 15.8 Å². The maximum Gasteiger partial charge on any atom is 0.251 e. The molecular formula is C22H21N5O2. The summed E-state index contributed by atoms with van der Waals surface area (Å²) in [5, 5.41) is 18.5. The molecule has 0 saturated carbocycles. The summed E-state index contributed by atoms with van der Waals surface area (Å²) in [4.78, 5) is 12.4. The lowest BCUT2D eigenvalue weighted by Crippen LogP contribution is -2.25. The predicted octanol–water partition coefficient (Wildman–Crippen LogP) is 2.72. The van der Waals surface area contributed by atoms with Gasteiger partial charge in [-0.2, -0.15) is 10.2 Å². The number of hydrogen-bond acceptors (Lipinski definition) is 5. The molecule has 2 heterocycles. The van der Waals surface area contributed by atoms with Crippen molar-refractivity contribution in [2.75, 3.05) is 13.2 Å². The fourth-order valence-corrected chi connectivity index (χ4v) is 3.40. The summed E-state index contributed by atoms with van der Waals surface area (Å²) in [5.74, 6) is 0.915. The molecule has 1 aliphatic heterocycles. The van der Waals surface area contributed by atoms with E-state index >= 15 is 0 Å². The predicted molar refractivity (Wildman–Crippen MR) is 110 cm³/mol. The molecule has 0 spiro atoms. The second kappa shape index (κ2) is 8.10. The van der Waals surface area contributed by atoms with Crippen LogP contribution >= 0.6 is 0 Å². The third-order valence-corrected chi connectivity index (χ3v) is 4.99. The maximum atomic E-state index is 12.4. The van der Waals surface area contributed by atoms with Crippen LogP contribution in [0.1, 0.15) is 33.8 Å². The van der Waals surface area contributed by atoms with E-state index in [9.17, 15) is 4.79 Å². The monoisotopic (exact) mass is 387 g/mol. The first-order valence-corrected chi connectivity index (χ1v) is 9.39. The van der Waals surface area contributed by atoms with Gasteiger partial charge in [0.1, 0.15) is 11.6 Å². The van der Waals surface area contributed by atoms with Crippen LogP contribution in [0.4, 0.5) is 0 Å². The Hall–Kier alpha value is -3.74. The average molecular weight is 387 g/mol. The second-order valence-electron chi connectivity index (χ2n) is 6.91. The van der Waals surface area contributed by atoms with Crippen LogP contribution in [0.5, 0.6) is 5.75 Å². The molecular weight excluding hydrogens is 366 g/mol. The number of fused-ring (bicyclic) bond motifs is 1. The highest BCUT2D eigenvalue weighted by Gasteiger charge is 2.24. The number of hydrogen-bond donors (Lipinski definition) is 3. The van der Waals surface area contributed by atoms with Crippen LogP contribution in [-0.4, -0.2) is 35.1 Å². The highest BCUT2D eigenvalue weighted by atomic mass is 16.5. The molecule has 29 heavy (non-hydrogen) atoms. The molecule has 1 atom stereocenters. The molecule has 3 aromatic rings. The molecule has 4 rings (SSSR count). The van der Waals surface area contributed by atoms with Gasteiger partial charge in [-0.15, -0.1) is 0 Å². The molecule has 0 bridgehead atoms. The van der Waals surface area contributed by atoms with Gasteiger partial charge >= 0.3 is 0 Å². The molecule has 4 N–H and O–H groups in total. The SMILES string of the molecule is N=C(N)c1ccc2c(c1)C(CCNC(=O)c1ccc(-c3cccnn3)cc1)CO2. The molecule has 7 nitrogen and oxygen atoms in total. The Balaban J connectivity index is 1.34. The maximum absolute atomic E-state index is 12.4. The van der Waals surface area contributed by atoms with Gasteiger partial charge < -0.3 is 15.8 Å². The van der Waals surface area contributed by atoms with E-state index in [-0.39, 0.29) is 17.7 Å². The Morgan fingerprint density at radius 2 is 1.97 bits per heavy atom. The highest BCUT2D eigenvalue weighted by molar-refractivity contribution is 5.95. The van der Waals surface area contributed by atoms with Gasteiger partial charge in [0.15, 0.2) is 0 Å². The summed E-state index contributed by atoms with van der Waals surface area (Å²) in [5.41, 5.74) is 9.59. The molecule has 0 saturated heterocycles. The van der Waals surface area contributed by atoms with E-state index in [1.165, 1.54) is 0 Å². The summed E-state index contributed by atoms with van der Waals surface area (Å²) in [7, 11) is 0. The lowest BCUT2D eigenvalue weighted by Gasteiger charge is -2.11. The van der Waals surface area contributed by atoms with Crippen molar-refractivity contribution < 1.29 is 9.53 Å². The zero-order chi connectivity index (χ0) is 20.2. The van der Waals surface area contributed by atoms with Crippen LogP contribution in [0, 0.1) is 5.41 Å². The number of nitrogen functional groups attached to an aromatic ring is 1. The van der Waals surface area contributed by atoms with Gasteiger partial charge in [-0.25, -0.2) is 0 Å². The first-order valence-electron chi connectivity index (χ1n) is 9.39. The summed E-state index contributed by atoms with van der Waals surface area (Å²) in [6.45, 7) is 1.10. The number of rotatable bonds is 6. The van der Waals surface area contributed by atoms with Crippen molar-refractivity contribution in [2.45, 2.75) is 12.3 Å². The lowest BCUT2D eigenvalue weighted by molar-refractivity contribution is 0.0952. The Labute approximate surface area is 168 Å². The average Bonchev–Trinajstić information content (AvgIpc) is 3.16. The topological polar surface area (TPSA) is 114 Å². The first kappa shape index (κ1) is 18.6. The van der Waals surface area contributed by atoms with Crippen molar-refractivity contribution in [1.82, 2.24) is 15.5 Å². The number of ether oxygens (including phenoxy) is 1. The smallest absolute Gasteiger partial charge is 0.251 e. The number of amidine groups is 1. The zero-order valence-corrected chi connectivity index (χ0v) is 15.8. The van der Waals surface area contributed by atoms with E-state index in [1.54, 1.807) is 24.4 Å². The fourth-order valence-electron chi connectivity index (χ4n) is 3.40. The summed E-state index contributed by atoms with van der Waals surface area (Å²) >= 11 is 0. The van der Waals surface area contributed by atoms with Crippen molar-refractivity contribution in [3.63, 3.8) is 0 Å². The molecule has 1 aromatic heterocycles. The molecule has 0 aliphatic carbocycles. The second-order valence-corrected chi connectivity index (χ2v) is 6.91. The van der Waals surface area contributed by atoms with Crippen molar-refractivity contribution in [3.05, 3.63) is 77.5 Å². The number of carbonyl (C=O) groups is 1. The Morgan fingerprint density at radius 3 is 2.69 bits per heavy atom. The molecule has 7 heteroatoms. The first-order chi connectivity index (χ1) is 14.1. The van der Waals surface area contributed by atoms with Crippen LogP contribution in [0.2, 0.25) is 0 Å².